The summed E-state index contributed by atoms with van der Waals surface area (Å²) in [6.45, 7) is 6.23. The van der Waals surface area contributed by atoms with Gasteiger partial charge in [-0.1, -0.05) is 37.5 Å². The number of phenolic OH excluding ortho intramolecular Hbond substituents is 1. The monoisotopic (exact) mass is 574 g/mol. The summed E-state index contributed by atoms with van der Waals surface area (Å²) in [6, 6.07) is 18.3. The number of fused-ring (bicyclic) bond motifs is 1. The van der Waals surface area contributed by atoms with Crippen molar-refractivity contribution in [3.63, 3.8) is 0 Å². The van der Waals surface area contributed by atoms with Crippen molar-refractivity contribution in [1.29, 1.82) is 0 Å². The fourth-order valence-corrected chi connectivity index (χ4v) is 6.76. The van der Waals surface area contributed by atoms with Crippen LogP contribution in [0.2, 0.25) is 0 Å². The summed E-state index contributed by atoms with van der Waals surface area (Å²) < 4.78 is 26.8. The lowest BCUT2D eigenvalue weighted by molar-refractivity contribution is 0.158. The molecule has 0 amide bonds. The third kappa shape index (κ3) is 7.20. The van der Waals surface area contributed by atoms with Gasteiger partial charge in [0.2, 0.25) is 0 Å². The summed E-state index contributed by atoms with van der Waals surface area (Å²) in [6.07, 6.45) is 9.32. The van der Waals surface area contributed by atoms with Gasteiger partial charge in [-0.15, -0.1) is 0 Å². The van der Waals surface area contributed by atoms with Crippen molar-refractivity contribution in [2.24, 2.45) is 0 Å². The number of methoxy groups -OCH3 is 1. The molecule has 0 heterocycles. The van der Waals surface area contributed by atoms with Gasteiger partial charge in [0, 0.05) is 36.9 Å². The molecule has 1 saturated carbocycles. The predicted molar refractivity (Wildman–Crippen MR) is 169 cm³/mol. The highest BCUT2D eigenvalue weighted by Gasteiger charge is 2.26. The lowest BCUT2D eigenvalue weighted by atomic mass is 9.79. The molecule has 0 aromatic heterocycles. The number of ether oxygens (including phenoxy) is 2. The van der Waals surface area contributed by atoms with Gasteiger partial charge in [0.1, 0.15) is 18.1 Å². The molecule has 226 valence electrons. The quantitative estimate of drug-likeness (QED) is 0.253. The van der Waals surface area contributed by atoms with Crippen molar-refractivity contribution >= 4 is 5.69 Å². The number of phenols is 1. The summed E-state index contributed by atoms with van der Waals surface area (Å²) in [7, 11) is 3.85. The first kappa shape index (κ1) is 30.2. The molecule has 0 saturated heterocycles. The molecule has 6 heteroatoms. The van der Waals surface area contributed by atoms with E-state index in [4.69, 9.17) is 9.47 Å². The lowest BCUT2D eigenvalue weighted by Crippen LogP contribution is -2.36. The van der Waals surface area contributed by atoms with Crippen LogP contribution in [0.25, 0.3) is 0 Å². The first-order valence-electron chi connectivity index (χ1n) is 15.7. The Hall–Kier alpha value is -3.25. The molecule has 2 aliphatic rings. The zero-order chi connectivity index (χ0) is 29.6. The minimum absolute atomic E-state index is 0.193. The maximum Gasteiger partial charge on any atom is 0.165 e. The molecule has 42 heavy (non-hydrogen) atoms. The highest BCUT2D eigenvalue weighted by Crippen LogP contribution is 2.41. The third-order valence-corrected chi connectivity index (χ3v) is 9.28. The second-order valence-corrected chi connectivity index (χ2v) is 12.4. The molecule has 1 atom stereocenters. The topological polar surface area (TPSA) is 45.2 Å². The third-order valence-electron chi connectivity index (χ3n) is 9.28. The van der Waals surface area contributed by atoms with E-state index in [1.54, 1.807) is 25.3 Å². The number of aromatic hydroxyl groups is 1. The SMILES string of the molecule is COc1ccc(C2CCc3cc(O)ccc3C2)c(N(Cc2ccc(OCCN(C)C3CCCCC3)c(F)c2)C(C)C)c1. The zero-order valence-corrected chi connectivity index (χ0v) is 25.7. The fourth-order valence-electron chi connectivity index (χ4n) is 6.76. The fraction of sp³-hybridized carbons (Fsp3) is 0.500. The Bertz CT molecular complexity index is 1340. The van der Waals surface area contributed by atoms with Crippen LogP contribution >= 0.6 is 0 Å². The number of rotatable bonds is 11. The molecule has 5 nitrogen and oxygen atoms in total. The van der Waals surface area contributed by atoms with Crippen molar-refractivity contribution in [2.75, 3.05) is 32.2 Å². The van der Waals surface area contributed by atoms with Crippen molar-refractivity contribution in [2.45, 2.75) is 89.8 Å². The van der Waals surface area contributed by atoms with Gasteiger partial charge in [0.15, 0.2) is 11.6 Å². The van der Waals surface area contributed by atoms with Crippen LogP contribution < -0.4 is 14.4 Å². The first-order chi connectivity index (χ1) is 20.3. The van der Waals surface area contributed by atoms with E-state index in [1.807, 2.05) is 18.2 Å². The van der Waals surface area contributed by atoms with Crippen LogP contribution in [0.4, 0.5) is 10.1 Å². The van der Waals surface area contributed by atoms with Crippen molar-refractivity contribution in [3.05, 3.63) is 82.7 Å². The molecule has 3 aromatic carbocycles. The highest BCUT2D eigenvalue weighted by atomic mass is 19.1. The second-order valence-electron chi connectivity index (χ2n) is 12.4. The second kappa shape index (κ2) is 13.8. The van der Waals surface area contributed by atoms with E-state index in [0.717, 1.165) is 42.8 Å². The Morgan fingerprint density at radius 2 is 1.76 bits per heavy atom. The smallest absolute Gasteiger partial charge is 0.165 e. The number of halogens is 1. The van der Waals surface area contributed by atoms with Crippen molar-refractivity contribution < 1.29 is 19.0 Å². The van der Waals surface area contributed by atoms with E-state index >= 15 is 4.39 Å². The molecule has 5 rings (SSSR count). The van der Waals surface area contributed by atoms with E-state index in [9.17, 15) is 5.11 Å². The number of hydrogen-bond donors (Lipinski definition) is 1. The van der Waals surface area contributed by atoms with Crippen LogP contribution in [0.5, 0.6) is 17.2 Å². The predicted octanol–water partition coefficient (Wildman–Crippen LogP) is 7.87. The Labute approximate surface area is 251 Å². The zero-order valence-electron chi connectivity index (χ0n) is 25.7. The van der Waals surface area contributed by atoms with Gasteiger partial charge in [0.05, 0.1) is 7.11 Å². The van der Waals surface area contributed by atoms with Gasteiger partial charge in [-0.25, -0.2) is 4.39 Å². The number of benzene rings is 3. The molecular weight excluding hydrogens is 527 g/mol. The largest absolute Gasteiger partial charge is 0.508 e. The Balaban J connectivity index is 1.30. The highest BCUT2D eigenvalue weighted by molar-refractivity contribution is 5.60. The van der Waals surface area contributed by atoms with Gasteiger partial charge in [-0.3, -0.25) is 0 Å². The van der Waals surface area contributed by atoms with E-state index in [-0.39, 0.29) is 11.9 Å². The molecule has 1 N–H and O–H groups in total. The van der Waals surface area contributed by atoms with Gasteiger partial charge in [-0.2, -0.15) is 0 Å². The van der Waals surface area contributed by atoms with Gasteiger partial charge < -0.3 is 24.4 Å². The van der Waals surface area contributed by atoms with Crippen LogP contribution in [0.3, 0.4) is 0 Å². The van der Waals surface area contributed by atoms with Crippen LogP contribution in [0.15, 0.2) is 54.6 Å². The maximum atomic E-state index is 15.2. The Morgan fingerprint density at radius 3 is 2.50 bits per heavy atom. The Morgan fingerprint density at radius 1 is 0.952 bits per heavy atom. The standard InChI is InChI=1S/C36H47FN2O3/c1-25(2)39(24-26-10-17-36(34(37)20-26)42-19-18-38(3)30-8-6-5-7-9-30)35-23-32(41-4)15-16-33(35)29-12-11-28-22-31(40)14-13-27(28)21-29/h10,13-17,20,22-23,25,29-30,40H,5-9,11-12,18-19,21,24H2,1-4H3. The van der Waals surface area contributed by atoms with Gasteiger partial charge in [0.25, 0.3) is 0 Å². The van der Waals surface area contributed by atoms with E-state index in [2.05, 4.69) is 48.9 Å². The molecule has 1 unspecified atom stereocenters. The summed E-state index contributed by atoms with van der Waals surface area (Å²) >= 11 is 0. The molecule has 0 radical (unpaired) electrons. The molecule has 3 aromatic rings. The summed E-state index contributed by atoms with van der Waals surface area (Å²) in [5, 5.41) is 9.94. The summed E-state index contributed by atoms with van der Waals surface area (Å²) in [4.78, 5) is 4.71. The maximum absolute atomic E-state index is 15.2. The molecule has 2 aliphatic carbocycles. The molecule has 0 bridgehead atoms. The van der Waals surface area contributed by atoms with E-state index < -0.39 is 0 Å². The number of aryl methyl sites for hydroxylation is 1. The van der Waals surface area contributed by atoms with Crippen molar-refractivity contribution in [1.82, 2.24) is 4.90 Å². The number of likely N-dealkylation sites (N-methyl/N-ethyl adjacent to an activating group) is 1. The number of anilines is 1. The molecule has 0 aliphatic heterocycles. The van der Waals surface area contributed by atoms with Crippen LogP contribution in [0.1, 0.15) is 80.5 Å². The minimum Gasteiger partial charge on any atom is -0.508 e. The summed E-state index contributed by atoms with van der Waals surface area (Å²) in [5.74, 6) is 1.51. The summed E-state index contributed by atoms with van der Waals surface area (Å²) in [5.41, 5.74) is 5.85. The average molecular weight is 575 g/mol. The van der Waals surface area contributed by atoms with Crippen LogP contribution in [0, 0.1) is 5.82 Å². The lowest BCUT2D eigenvalue weighted by Gasteiger charge is -2.35. The molecule has 1 fully saturated rings. The van der Waals surface area contributed by atoms with Crippen LogP contribution in [-0.4, -0.2) is 49.4 Å². The van der Waals surface area contributed by atoms with Gasteiger partial charge in [-0.05, 0) is 112 Å². The average Bonchev–Trinajstić information content (AvgIpc) is 3.00. The van der Waals surface area contributed by atoms with E-state index in [0.29, 0.717) is 36.6 Å². The van der Waals surface area contributed by atoms with Crippen molar-refractivity contribution in [3.8, 4) is 17.2 Å². The van der Waals surface area contributed by atoms with E-state index in [1.165, 1.54) is 48.8 Å². The number of nitrogens with zero attached hydrogens (tertiary/aromatic N) is 2. The normalized spacial score (nSPS) is 17.4. The van der Waals surface area contributed by atoms with Crippen LogP contribution in [-0.2, 0) is 19.4 Å². The number of hydrogen-bond acceptors (Lipinski definition) is 5. The molecule has 0 spiro atoms. The Kier molecular flexibility index (Phi) is 9.94. The molecular formula is C36H47FN2O3. The van der Waals surface area contributed by atoms with Gasteiger partial charge >= 0.3 is 0 Å². The minimum atomic E-state index is -0.311. The first-order valence-corrected chi connectivity index (χ1v) is 15.7.